The molecule has 0 N–H and O–H groups in total. The fourth-order valence-electron chi connectivity index (χ4n) is 0.867. The van der Waals surface area contributed by atoms with Crippen molar-refractivity contribution in [2.75, 3.05) is 0 Å². The molecule has 0 fully saturated rings. The van der Waals surface area contributed by atoms with Gasteiger partial charge in [0.15, 0.2) is 6.29 Å². The van der Waals surface area contributed by atoms with Gasteiger partial charge in [0.1, 0.15) is 11.3 Å². The first-order valence-corrected chi connectivity index (χ1v) is 4.12. The molecular weight excluding hydrogens is 166 g/mol. The number of aromatic nitrogens is 1. The van der Waals surface area contributed by atoms with Crippen LogP contribution in [0.4, 0.5) is 0 Å². The van der Waals surface area contributed by atoms with Gasteiger partial charge in [0.2, 0.25) is 5.88 Å². The van der Waals surface area contributed by atoms with E-state index < -0.39 is 0 Å². The fourth-order valence-corrected chi connectivity index (χ4v) is 0.867. The Morgan fingerprint density at radius 1 is 1.38 bits per heavy atom. The number of hydrogen-bond donors (Lipinski definition) is 0. The molecule has 0 radical (unpaired) electrons. The molecule has 13 heavy (non-hydrogen) atoms. The van der Waals surface area contributed by atoms with E-state index in [1.165, 1.54) is 0 Å². The molecule has 0 aliphatic rings. The maximum Gasteiger partial charge on any atom is 0.214 e. The summed E-state index contributed by atoms with van der Waals surface area (Å²) in [5.41, 5.74) is 0.107. The summed E-state index contributed by atoms with van der Waals surface area (Å²) in [5, 5.41) is 0. The molecule has 0 amide bonds. The monoisotopic (exact) mass is 179 g/mol. The maximum atomic E-state index is 10.4. The third-order valence-corrected chi connectivity index (χ3v) is 1.28. The van der Waals surface area contributed by atoms with E-state index in [-0.39, 0.29) is 5.60 Å². The number of hydrogen-bond acceptors (Lipinski definition) is 3. The standard InChI is InChI=1S/C10H13NO2/c1-10(2,3)13-9-6-4-5-8(7-12)11-9/h4-7H,1-3H3. The van der Waals surface area contributed by atoms with E-state index in [9.17, 15) is 4.79 Å². The molecule has 0 aromatic carbocycles. The molecule has 1 aromatic rings. The van der Waals surface area contributed by atoms with E-state index in [0.717, 1.165) is 0 Å². The lowest BCUT2D eigenvalue weighted by Crippen LogP contribution is -2.23. The smallest absolute Gasteiger partial charge is 0.214 e. The number of aldehydes is 1. The van der Waals surface area contributed by atoms with Gasteiger partial charge < -0.3 is 4.74 Å². The van der Waals surface area contributed by atoms with E-state index >= 15 is 0 Å². The summed E-state index contributed by atoms with van der Waals surface area (Å²) in [6, 6.07) is 5.12. The minimum absolute atomic E-state index is 0.283. The maximum absolute atomic E-state index is 10.4. The van der Waals surface area contributed by atoms with Crippen LogP contribution in [0, 0.1) is 0 Å². The van der Waals surface area contributed by atoms with Crippen molar-refractivity contribution in [2.45, 2.75) is 26.4 Å². The second-order valence-corrected chi connectivity index (χ2v) is 3.73. The third-order valence-electron chi connectivity index (χ3n) is 1.28. The van der Waals surface area contributed by atoms with Crippen LogP contribution in [0.5, 0.6) is 5.88 Å². The Bertz CT molecular complexity index is 302. The topological polar surface area (TPSA) is 39.2 Å². The predicted octanol–water partition coefficient (Wildman–Crippen LogP) is 2.07. The highest BCUT2D eigenvalue weighted by molar-refractivity contribution is 5.71. The molecule has 0 saturated heterocycles. The third kappa shape index (κ3) is 3.23. The van der Waals surface area contributed by atoms with E-state index in [1.54, 1.807) is 18.2 Å². The zero-order valence-corrected chi connectivity index (χ0v) is 8.07. The van der Waals surface area contributed by atoms with Crippen LogP contribution in [0.3, 0.4) is 0 Å². The van der Waals surface area contributed by atoms with E-state index in [0.29, 0.717) is 17.9 Å². The zero-order chi connectivity index (χ0) is 9.90. The molecule has 0 atom stereocenters. The molecule has 1 heterocycles. The lowest BCUT2D eigenvalue weighted by molar-refractivity contribution is 0.110. The molecule has 70 valence electrons. The Morgan fingerprint density at radius 3 is 2.62 bits per heavy atom. The van der Waals surface area contributed by atoms with Crippen LogP contribution in [0.15, 0.2) is 18.2 Å². The van der Waals surface area contributed by atoms with Crippen molar-refractivity contribution in [2.24, 2.45) is 0 Å². The highest BCUT2D eigenvalue weighted by Crippen LogP contribution is 2.14. The van der Waals surface area contributed by atoms with Crippen LogP contribution in [0.2, 0.25) is 0 Å². The number of pyridine rings is 1. The van der Waals surface area contributed by atoms with Crippen molar-refractivity contribution in [3.63, 3.8) is 0 Å². The molecule has 0 bridgehead atoms. The summed E-state index contributed by atoms with van der Waals surface area (Å²) >= 11 is 0. The molecule has 0 aliphatic carbocycles. The average Bonchev–Trinajstić information content (AvgIpc) is 2.01. The van der Waals surface area contributed by atoms with Crippen molar-refractivity contribution in [3.8, 4) is 5.88 Å². The first-order valence-electron chi connectivity index (χ1n) is 4.12. The number of carbonyl (C=O) groups is 1. The molecule has 0 spiro atoms. The molecule has 1 aromatic heterocycles. The van der Waals surface area contributed by atoms with E-state index in [1.807, 2.05) is 20.8 Å². The number of rotatable bonds is 2. The number of nitrogens with zero attached hydrogens (tertiary/aromatic N) is 1. The Labute approximate surface area is 77.8 Å². The lowest BCUT2D eigenvalue weighted by Gasteiger charge is -2.20. The van der Waals surface area contributed by atoms with Gasteiger partial charge in [-0.15, -0.1) is 0 Å². The van der Waals surface area contributed by atoms with Gasteiger partial charge in [-0.3, -0.25) is 4.79 Å². The number of ether oxygens (including phenoxy) is 1. The fraction of sp³-hybridized carbons (Fsp3) is 0.400. The van der Waals surface area contributed by atoms with Gasteiger partial charge in [0.25, 0.3) is 0 Å². The van der Waals surface area contributed by atoms with Crippen LogP contribution in [-0.4, -0.2) is 16.9 Å². The van der Waals surface area contributed by atoms with Crippen LogP contribution >= 0.6 is 0 Å². The van der Waals surface area contributed by atoms with Crippen LogP contribution in [0.25, 0.3) is 0 Å². The highest BCUT2D eigenvalue weighted by atomic mass is 16.5. The van der Waals surface area contributed by atoms with Gasteiger partial charge in [-0.05, 0) is 26.8 Å². The number of carbonyl (C=O) groups excluding carboxylic acids is 1. The first-order chi connectivity index (χ1) is 6.01. The minimum Gasteiger partial charge on any atom is -0.472 e. The Hall–Kier alpha value is -1.38. The molecule has 0 aliphatic heterocycles. The van der Waals surface area contributed by atoms with Crippen molar-refractivity contribution in [1.29, 1.82) is 0 Å². The van der Waals surface area contributed by atoms with E-state index in [2.05, 4.69) is 4.98 Å². The summed E-state index contributed by atoms with van der Waals surface area (Å²) in [5.74, 6) is 0.483. The second-order valence-electron chi connectivity index (χ2n) is 3.73. The minimum atomic E-state index is -0.283. The van der Waals surface area contributed by atoms with Crippen LogP contribution in [0.1, 0.15) is 31.3 Å². The quantitative estimate of drug-likeness (QED) is 0.652. The summed E-state index contributed by atoms with van der Waals surface area (Å²) in [6.45, 7) is 5.80. The van der Waals surface area contributed by atoms with Crippen molar-refractivity contribution < 1.29 is 9.53 Å². The van der Waals surface area contributed by atoms with Crippen LogP contribution in [-0.2, 0) is 0 Å². The Kier molecular flexibility index (Phi) is 2.66. The lowest BCUT2D eigenvalue weighted by atomic mass is 10.2. The second kappa shape index (κ2) is 3.56. The summed E-state index contributed by atoms with van der Waals surface area (Å²) in [7, 11) is 0. The molecular formula is C10H13NO2. The summed E-state index contributed by atoms with van der Waals surface area (Å²) < 4.78 is 5.47. The summed E-state index contributed by atoms with van der Waals surface area (Å²) in [4.78, 5) is 14.4. The molecule has 3 heteroatoms. The molecule has 0 unspecified atom stereocenters. The van der Waals surface area contributed by atoms with E-state index in [4.69, 9.17) is 4.74 Å². The highest BCUT2D eigenvalue weighted by Gasteiger charge is 2.12. The zero-order valence-electron chi connectivity index (χ0n) is 8.07. The van der Waals surface area contributed by atoms with Crippen LogP contribution < -0.4 is 4.74 Å². The Balaban J connectivity index is 2.84. The Morgan fingerprint density at radius 2 is 2.08 bits per heavy atom. The van der Waals surface area contributed by atoms with Crippen molar-refractivity contribution in [3.05, 3.63) is 23.9 Å². The average molecular weight is 179 g/mol. The largest absolute Gasteiger partial charge is 0.472 e. The SMILES string of the molecule is CC(C)(C)Oc1cccc(C=O)n1. The normalized spacial score (nSPS) is 11.0. The van der Waals surface area contributed by atoms with Gasteiger partial charge in [0, 0.05) is 6.07 Å². The van der Waals surface area contributed by atoms with Gasteiger partial charge in [-0.1, -0.05) is 6.07 Å². The van der Waals surface area contributed by atoms with Gasteiger partial charge >= 0.3 is 0 Å². The van der Waals surface area contributed by atoms with Crippen molar-refractivity contribution >= 4 is 6.29 Å². The predicted molar refractivity (Wildman–Crippen MR) is 50.0 cm³/mol. The molecule has 0 saturated carbocycles. The van der Waals surface area contributed by atoms with Gasteiger partial charge in [-0.2, -0.15) is 0 Å². The first kappa shape index (κ1) is 9.71. The molecule has 3 nitrogen and oxygen atoms in total. The van der Waals surface area contributed by atoms with Crippen molar-refractivity contribution in [1.82, 2.24) is 4.98 Å². The van der Waals surface area contributed by atoms with Gasteiger partial charge in [0.05, 0.1) is 0 Å². The molecule has 1 rings (SSSR count). The van der Waals surface area contributed by atoms with Gasteiger partial charge in [-0.25, -0.2) is 4.98 Å². The summed E-state index contributed by atoms with van der Waals surface area (Å²) in [6.07, 6.45) is 0.704.